The maximum atomic E-state index is 13.9. The molecule has 2 amide bonds. The summed E-state index contributed by atoms with van der Waals surface area (Å²) in [5.41, 5.74) is 1.33. The zero-order chi connectivity index (χ0) is 29.7. The van der Waals surface area contributed by atoms with Crippen molar-refractivity contribution < 1.29 is 27.1 Å². The molecule has 0 aromatic heterocycles. The maximum Gasteiger partial charge on any atom is 0.264 e. The molecular weight excluding hydrogens is 533 g/mol. The second-order valence-corrected chi connectivity index (χ2v) is 12.5. The fraction of sp³-hybridized carbons (Fsp3) is 0.333. The number of anilines is 1. The number of carbonyl (C=O) groups is 2. The van der Waals surface area contributed by atoms with Crippen molar-refractivity contribution in [3.05, 3.63) is 89.7 Å². The molecule has 40 heavy (non-hydrogen) atoms. The molecule has 1 unspecified atom stereocenters. The van der Waals surface area contributed by atoms with Gasteiger partial charge < -0.3 is 15.0 Å². The Morgan fingerprint density at radius 1 is 1.00 bits per heavy atom. The first-order valence-electron chi connectivity index (χ1n) is 12.8. The second kappa shape index (κ2) is 12.5. The van der Waals surface area contributed by atoms with Crippen molar-refractivity contribution in [2.24, 2.45) is 0 Å². The van der Waals surface area contributed by atoms with Crippen LogP contribution in [0.15, 0.2) is 77.7 Å². The van der Waals surface area contributed by atoms with Crippen LogP contribution in [0, 0.1) is 12.7 Å². The predicted octanol–water partition coefficient (Wildman–Crippen LogP) is 4.67. The van der Waals surface area contributed by atoms with Crippen LogP contribution in [0.2, 0.25) is 0 Å². The molecule has 1 N–H and O–H groups in total. The number of hydrogen-bond donors (Lipinski definition) is 1. The number of methoxy groups -OCH3 is 1. The van der Waals surface area contributed by atoms with Gasteiger partial charge in [-0.25, -0.2) is 12.8 Å². The average Bonchev–Trinajstić information content (AvgIpc) is 2.89. The number of rotatable bonds is 10. The van der Waals surface area contributed by atoms with E-state index in [0.29, 0.717) is 5.75 Å². The molecular formula is C30H36FN3O5S. The zero-order valence-corrected chi connectivity index (χ0v) is 24.5. The third-order valence-electron chi connectivity index (χ3n) is 6.14. The molecule has 8 nitrogen and oxygen atoms in total. The molecule has 0 aliphatic heterocycles. The van der Waals surface area contributed by atoms with Gasteiger partial charge in [0.25, 0.3) is 10.0 Å². The largest absolute Gasteiger partial charge is 0.497 e. The molecule has 0 spiro atoms. The first-order valence-corrected chi connectivity index (χ1v) is 14.2. The van der Waals surface area contributed by atoms with Crippen molar-refractivity contribution in [1.29, 1.82) is 0 Å². The highest BCUT2D eigenvalue weighted by Gasteiger charge is 2.33. The number of halogens is 1. The van der Waals surface area contributed by atoms with Gasteiger partial charge >= 0.3 is 0 Å². The second-order valence-electron chi connectivity index (χ2n) is 10.6. The van der Waals surface area contributed by atoms with E-state index in [4.69, 9.17) is 4.74 Å². The van der Waals surface area contributed by atoms with Crippen molar-refractivity contribution in [3.63, 3.8) is 0 Å². The molecule has 0 bridgehead atoms. The minimum atomic E-state index is -4.27. The van der Waals surface area contributed by atoms with Gasteiger partial charge in [-0.05, 0) is 88.7 Å². The van der Waals surface area contributed by atoms with E-state index in [1.54, 1.807) is 6.92 Å². The van der Waals surface area contributed by atoms with E-state index in [1.165, 1.54) is 48.4 Å². The standard InChI is InChI=1S/C30H36FN3O5S/c1-21-8-7-9-23(18-21)19-33(22(2)29(36)32-30(3,4)5)28(35)20-34(25-12-10-24(31)11-13-25)40(37,38)27-16-14-26(39-6)15-17-27/h7-18,22H,19-20H2,1-6H3,(H,32,36). The van der Waals surface area contributed by atoms with Gasteiger partial charge in [0, 0.05) is 12.1 Å². The van der Waals surface area contributed by atoms with Gasteiger partial charge in [-0.15, -0.1) is 0 Å². The fourth-order valence-corrected chi connectivity index (χ4v) is 5.49. The SMILES string of the molecule is COc1ccc(S(=O)(=O)N(CC(=O)N(Cc2cccc(C)c2)C(C)C(=O)NC(C)(C)C)c2ccc(F)cc2)cc1. The molecule has 10 heteroatoms. The summed E-state index contributed by atoms with van der Waals surface area (Å²) in [5, 5.41) is 2.89. The topological polar surface area (TPSA) is 96.0 Å². The summed E-state index contributed by atoms with van der Waals surface area (Å²) in [5.74, 6) is -1.06. The predicted molar refractivity (Wildman–Crippen MR) is 153 cm³/mol. The number of hydrogen-bond acceptors (Lipinski definition) is 5. The number of ether oxygens (including phenoxy) is 1. The van der Waals surface area contributed by atoms with Crippen LogP contribution >= 0.6 is 0 Å². The maximum absolute atomic E-state index is 13.9. The van der Waals surface area contributed by atoms with Gasteiger partial charge in [0.1, 0.15) is 24.2 Å². The summed E-state index contributed by atoms with van der Waals surface area (Å²) in [6, 6.07) is 17.2. The summed E-state index contributed by atoms with van der Waals surface area (Å²) >= 11 is 0. The quantitative estimate of drug-likeness (QED) is 0.383. The van der Waals surface area contributed by atoms with Gasteiger partial charge in [0.15, 0.2) is 0 Å². The lowest BCUT2D eigenvalue weighted by molar-refractivity contribution is -0.140. The number of nitrogens with one attached hydrogen (secondary N) is 1. The summed E-state index contributed by atoms with van der Waals surface area (Å²) in [7, 11) is -2.80. The Morgan fingerprint density at radius 3 is 2.17 bits per heavy atom. The van der Waals surface area contributed by atoms with Crippen molar-refractivity contribution in [1.82, 2.24) is 10.2 Å². The van der Waals surface area contributed by atoms with Crippen molar-refractivity contribution in [3.8, 4) is 5.75 Å². The summed E-state index contributed by atoms with van der Waals surface area (Å²) in [6.07, 6.45) is 0. The van der Waals surface area contributed by atoms with Crippen LogP contribution in [0.3, 0.4) is 0 Å². The normalized spacial score (nSPS) is 12.4. The van der Waals surface area contributed by atoms with Crippen LogP contribution in [0.5, 0.6) is 5.75 Å². The highest BCUT2D eigenvalue weighted by atomic mass is 32.2. The third-order valence-corrected chi connectivity index (χ3v) is 7.93. The lowest BCUT2D eigenvalue weighted by atomic mass is 10.1. The van der Waals surface area contributed by atoms with Gasteiger partial charge in [0.05, 0.1) is 17.7 Å². The average molecular weight is 570 g/mol. The lowest BCUT2D eigenvalue weighted by Gasteiger charge is -2.33. The molecule has 0 saturated carbocycles. The highest BCUT2D eigenvalue weighted by molar-refractivity contribution is 7.92. The Bertz CT molecular complexity index is 1440. The monoisotopic (exact) mass is 569 g/mol. The molecule has 214 valence electrons. The molecule has 0 aliphatic rings. The molecule has 0 saturated heterocycles. The van der Waals surface area contributed by atoms with Crippen molar-refractivity contribution in [2.45, 2.75) is 57.6 Å². The number of amides is 2. The number of carbonyl (C=O) groups excluding carboxylic acids is 2. The minimum absolute atomic E-state index is 0.0748. The smallest absolute Gasteiger partial charge is 0.264 e. The molecule has 0 heterocycles. The van der Waals surface area contributed by atoms with E-state index in [9.17, 15) is 22.4 Å². The Morgan fingerprint density at radius 2 is 1.62 bits per heavy atom. The van der Waals surface area contributed by atoms with E-state index < -0.39 is 39.9 Å². The molecule has 3 aromatic rings. The number of aryl methyl sites for hydroxylation is 1. The fourth-order valence-electron chi connectivity index (χ4n) is 4.07. The van der Waals surface area contributed by atoms with Crippen LogP contribution in [0.1, 0.15) is 38.8 Å². The summed E-state index contributed by atoms with van der Waals surface area (Å²) < 4.78 is 47.4. The molecule has 0 radical (unpaired) electrons. The number of benzene rings is 3. The van der Waals surface area contributed by atoms with E-state index >= 15 is 0 Å². The van der Waals surface area contributed by atoms with Crippen molar-refractivity contribution >= 4 is 27.5 Å². The molecule has 3 rings (SSSR count). The van der Waals surface area contributed by atoms with Crippen molar-refractivity contribution in [2.75, 3.05) is 18.0 Å². The van der Waals surface area contributed by atoms with Crippen LogP contribution in [-0.2, 0) is 26.2 Å². The Kier molecular flexibility index (Phi) is 9.57. The summed E-state index contributed by atoms with van der Waals surface area (Å²) in [4.78, 5) is 28.3. The molecule has 1 atom stereocenters. The Balaban J connectivity index is 2.03. The first kappa shape index (κ1) is 30.6. The van der Waals surface area contributed by atoms with Gasteiger partial charge in [-0.1, -0.05) is 29.8 Å². The highest BCUT2D eigenvalue weighted by Crippen LogP contribution is 2.26. The molecule has 0 fully saturated rings. The lowest BCUT2D eigenvalue weighted by Crippen LogP contribution is -2.54. The van der Waals surface area contributed by atoms with Crippen LogP contribution in [0.25, 0.3) is 0 Å². The first-order chi connectivity index (χ1) is 18.7. The van der Waals surface area contributed by atoms with Gasteiger partial charge in [-0.2, -0.15) is 0 Å². The minimum Gasteiger partial charge on any atom is -0.497 e. The molecule has 0 aliphatic carbocycles. The van der Waals surface area contributed by atoms with E-state index in [0.717, 1.165) is 27.6 Å². The van der Waals surface area contributed by atoms with E-state index in [-0.39, 0.29) is 23.0 Å². The van der Waals surface area contributed by atoms with Crippen LogP contribution < -0.4 is 14.4 Å². The third kappa shape index (κ3) is 7.81. The zero-order valence-electron chi connectivity index (χ0n) is 23.6. The van der Waals surface area contributed by atoms with Gasteiger partial charge in [0.2, 0.25) is 11.8 Å². The van der Waals surface area contributed by atoms with E-state index in [1.807, 2.05) is 52.0 Å². The number of sulfonamides is 1. The van der Waals surface area contributed by atoms with E-state index in [2.05, 4.69) is 5.32 Å². The Hall–Kier alpha value is -3.92. The summed E-state index contributed by atoms with van der Waals surface area (Å²) in [6.45, 7) is 8.50. The number of nitrogens with zero attached hydrogens (tertiary/aromatic N) is 2. The molecule has 3 aromatic carbocycles. The van der Waals surface area contributed by atoms with Gasteiger partial charge in [-0.3, -0.25) is 13.9 Å². The van der Waals surface area contributed by atoms with Crippen LogP contribution in [-0.4, -0.2) is 50.4 Å². The van der Waals surface area contributed by atoms with Crippen LogP contribution in [0.4, 0.5) is 10.1 Å². The Labute approximate surface area is 235 Å².